The van der Waals surface area contributed by atoms with Gasteiger partial charge in [-0.2, -0.15) is 0 Å². The number of hydrogen-bond acceptors (Lipinski definition) is 2. The van der Waals surface area contributed by atoms with Crippen molar-refractivity contribution in [3.8, 4) is 22.5 Å². The van der Waals surface area contributed by atoms with E-state index >= 15 is 0 Å². The standard InChI is InChI=1S/C44H27N3O2/c48-43-35-16-10-20-41(42(35)44(49)46(43)30-23-21-29(22-24-30)28-11-2-1-3-12-28)47-39-19-9-6-15-34(39)36-27-31(25-26-40(36)47)45-37-17-7-4-13-32(37)33-14-5-8-18-38(33)45/h1-27H. The lowest BCUT2D eigenvalue weighted by molar-refractivity contribution is 0.0926. The Morgan fingerprint density at radius 2 is 0.898 bits per heavy atom. The third-order valence-electron chi connectivity index (χ3n) is 9.86. The number of hydrogen-bond donors (Lipinski definition) is 0. The number of amides is 2. The fourth-order valence-corrected chi connectivity index (χ4v) is 7.68. The summed E-state index contributed by atoms with van der Waals surface area (Å²) in [5.74, 6) is -0.639. The van der Waals surface area contributed by atoms with Gasteiger partial charge in [-0.05, 0) is 71.8 Å². The van der Waals surface area contributed by atoms with Crippen LogP contribution in [0.3, 0.4) is 0 Å². The molecule has 10 rings (SSSR count). The molecule has 49 heavy (non-hydrogen) atoms. The molecule has 1 aliphatic heterocycles. The van der Waals surface area contributed by atoms with Crippen LogP contribution in [0.1, 0.15) is 20.7 Å². The molecule has 9 aromatic rings. The minimum absolute atomic E-state index is 0.316. The van der Waals surface area contributed by atoms with Crippen LogP contribution in [0.4, 0.5) is 5.69 Å². The number of fused-ring (bicyclic) bond motifs is 7. The maximum Gasteiger partial charge on any atom is 0.268 e. The van der Waals surface area contributed by atoms with E-state index in [0.29, 0.717) is 22.5 Å². The summed E-state index contributed by atoms with van der Waals surface area (Å²) < 4.78 is 4.45. The van der Waals surface area contributed by atoms with Crippen LogP contribution < -0.4 is 4.90 Å². The zero-order valence-electron chi connectivity index (χ0n) is 26.2. The van der Waals surface area contributed by atoms with Crippen molar-refractivity contribution in [2.75, 3.05) is 4.90 Å². The second-order valence-electron chi connectivity index (χ2n) is 12.5. The molecule has 0 bridgehead atoms. The van der Waals surface area contributed by atoms with E-state index in [4.69, 9.17) is 0 Å². The lowest BCUT2D eigenvalue weighted by Crippen LogP contribution is -2.29. The summed E-state index contributed by atoms with van der Waals surface area (Å²) in [5, 5.41) is 4.56. The summed E-state index contributed by atoms with van der Waals surface area (Å²) in [6.45, 7) is 0. The van der Waals surface area contributed by atoms with Crippen molar-refractivity contribution in [2.45, 2.75) is 0 Å². The molecule has 5 nitrogen and oxygen atoms in total. The smallest absolute Gasteiger partial charge is 0.268 e. The Kier molecular flexibility index (Phi) is 5.81. The average molecular weight is 630 g/mol. The summed E-state index contributed by atoms with van der Waals surface area (Å²) in [7, 11) is 0. The van der Waals surface area contributed by atoms with E-state index in [-0.39, 0.29) is 11.8 Å². The number of carbonyl (C=O) groups excluding carboxylic acids is 2. The fourth-order valence-electron chi connectivity index (χ4n) is 7.68. The van der Waals surface area contributed by atoms with Gasteiger partial charge in [-0.25, -0.2) is 4.90 Å². The molecule has 0 spiro atoms. The normalized spacial score (nSPS) is 12.9. The van der Waals surface area contributed by atoms with Crippen molar-refractivity contribution in [1.29, 1.82) is 0 Å². The number of rotatable bonds is 4. The molecular weight excluding hydrogens is 603 g/mol. The SMILES string of the molecule is O=C1c2cccc(-n3c4ccccc4c4cc(-n5c6ccccc6c6ccccc65)ccc43)c2C(=O)N1c1ccc(-c2ccccc2)cc1. The van der Waals surface area contributed by atoms with Gasteiger partial charge in [-0.15, -0.1) is 0 Å². The third kappa shape index (κ3) is 3.93. The van der Waals surface area contributed by atoms with Gasteiger partial charge in [0, 0.05) is 27.2 Å². The van der Waals surface area contributed by atoms with Gasteiger partial charge in [-0.1, -0.05) is 103 Å². The highest BCUT2D eigenvalue weighted by Gasteiger charge is 2.39. The van der Waals surface area contributed by atoms with Gasteiger partial charge >= 0.3 is 0 Å². The summed E-state index contributed by atoms with van der Waals surface area (Å²) in [5.41, 5.74) is 9.44. The van der Waals surface area contributed by atoms with Crippen molar-refractivity contribution in [3.63, 3.8) is 0 Å². The number of anilines is 1. The molecule has 0 saturated heterocycles. The van der Waals surface area contributed by atoms with E-state index in [1.165, 1.54) is 15.7 Å². The maximum atomic E-state index is 14.3. The molecule has 3 heterocycles. The van der Waals surface area contributed by atoms with Crippen LogP contribution in [-0.2, 0) is 0 Å². The number of benzene rings is 7. The van der Waals surface area contributed by atoms with Crippen molar-refractivity contribution in [3.05, 3.63) is 175 Å². The molecule has 0 aliphatic carbocycles. The summed E-state index contributed by atoms with van der Waals surface area (Å²) in [4.78, 5) is 29.5. The van der Waals surface area contributed by atoms with Crippen LogP contribution in [0.2, 0.25) is 0 Å². The molecule has 0 fully saturated rings. The molecule has 0 saturated carbocycles. The Hall–Kier alpha value is -6.72. The summed E-state index contributed by atoms with van der Waals surface area (Å²) in [6, 6.07) is 55.0. The van der Waals surface area contributed by atoms with Crippen molar-refractivity contribution in [2.24, 2.45) is 0 Å². The average Bonchev–Trinajstić information content (AvgIpc) is 3.76. The van der Waals surface area contributed by atoms with Crippen LogP contribution >= 0.6 is 0 Å². The lowest BCUT2D eigenvalue weighted by atomic mass is 10.1. The Morgan fingerprint density at radius 3 is 1.57 bits per heavy atom. The Bertz CT molecular complexity index is 2750. The van der Waals surface area contributed by atoms with Gasteiger partial charge in [-0.3, -0.25) is 9.59 Å². The quantitative estimate of drug-likeness (QED) is 0.182. The van der Waals surface area contributed by atoms with E-state index < -0.39 is 0 Å². The number of imide groups is 1. The molecule has 1 aliphatic rings. The predicted molar refractivity (Wildman–Crippen MR) is 198 cm³/mol. The monoisotopic (exact) mass is 629 g/mol. The highest BCUT2D eigenvalue weighted by Crippen LogP contribution is 2.40. The number of para-hydroxylation sites is 3. The summed E-state index contributed by atoms with van der Waals surface area (Å²) >= 11 is 0. The van der Waals surface area contributed by atoms with Gasteiger partial charge < -0.3 is 9.13 Å². The van der Waals surface area contributed by atoms with E-state index in [1.54, 1.807) is 6.07 Å². The lowest BCUT2D eigenvalue weighted by Gasteiger charge is -2.15. The third-order valence-corrected chi connectivity index (χ3v) is 9.86. The molecule has 230 valence electrons. The molecule has 0 N–H and O–H groups in total. The summed E-state index contributed by atoms with van der Waals surface area (Å²) in [6.07, 6.45) is 0. The molecule has 2 amide bonds. The first kappa shape index (κ1) is 27.4. The molecule has 7 aromatic carbocycles. The van der Waals surface area contributed by atoms with E-state index in [0.717, 1.165) is 49.7 Å². The molecule has 0 atom stereocenters. The minimum Gasteiger partial charge on any atom is -0.309 e. The Balaban J connectivity index is 1.14. The first-order chi connectivity index (χ1) is 24.2. The van der Waals surface area contributed by atoms with Crippen LogP contribution in [0.15, 0.2) is 164 Å². The number of nitrogens with zero attached hydrogens (tertiary/aromatic N) is 3. The minimum atomic E-state index is -0.323. The maximum absolute atomic E-state index is 14.3. The van der Waals surface area contributed by atoms with Crippen LogP contribution in [0.5, 0.6) is 0 Å². The van der Waals surface area contributed by atoms with Gasteiger partial charge in [0.05, 0.1) is 44.6 Å². The van der Waals surface area contributed by atoms with Crippen LogP contribution in [0.25, 0.3) is 66.1 Å². The zero-order chi connectivity index (χ0) is 32.6. The Labute approximate surface area is 281 Å². The van der Waals surface area contributed by atoms with Gasteiger partial charge in [0.1, 0.15) is 0 Å². The molecule has 2 aromatic heterocycles. The highest BCUT2D eigenvalue weighted by atomic mass is 16.2. The highest BCUT2D eigenvalue weighted by molar-refractivity contribution is 6.35. The van der Waals surface area contributed by atoms with Crippen molar-refractivity contribution >= 4 is 61.1 Å². The first-order valence-electron chi connectivity index (χ1n) is 16.4. The van der Waals surface area contributed by atoms with Gasteiger partial charge in [0.2, 0.25) is 0 Å². The van der Waals surface area contributed by atoms with Gasteiger partial charge in [0.15, 0.2) is 0 Å². The topological polar surface area (TPSA) is 47.2 Å². The van der Waals surface area contributed by atoms with E-state index in [9.17, 15) is 9.59 Å². The molecule has 5 heteroatoms. The Morgan fingerprint density at radius 1 is 0.367 bits per heavy atom. The molecule has 0 radical (unpaired) electrons. The van der Waals surface area contributed by atoms with Crippen LogP contribution in [-0.4, -0.2) is 20.9 Å². The number of aromatic nitrogens is 2. The molecular formula is C44H27N3O2. The largest absolute Gasteiger partial charge is 0.309 e. The van der Waals surface area contributed by atoms with E-state index in [1.807, 2.05) is 78.9 Å². The fraction of sp³-hybridized carbons (Fsp3) is 0. The van der Waals surface area contributed by atoms with Gasteiger partial charge in [0.25, 0.3) is 11.8 Å². The predicted octanol–water partition coefficient (Wildman–Crippen LogP) is 10.3. The number of carbonyl (C=O) groups is 2. The van der Waals surface area contributed by atoms with Crippen molar-refractivity contribution < 1.29 is 9.59 Å². The molecule has 0 unspecified atom stereocenters. The zero-order valence-corrected chi connectivity index (χ0v) is 26.2. The second-order valence-corrected chi connectivity index (χ2v) is 12.5. The van der Waals surface area contributed by atoms with Crippen LogP contribution in [0, 0.1) is 0 Å². The first-order valence-corrected chi connectivity index (χ1v) is 16.4. The second kappa shape index (κ2) is 10.4. The van der Waals surface area contributed by atoms with E-state index in [2.05, 4.69) is 88.0 Å². The van der Waals surface area contributed by atoms with Crippen molar-refractivity contribution in [1.82, 2.24) is 9.13 Å².